The number of nitrogens with zero attached hydrogens (tertiary/aromatic N) is 1. The Balaban J connectivity index is 2.45. The minimum atomic E-state index is -3.24. The Morgan fingerprint density at radius 3 is 2.78 bits per heavy atom. The highest BCUT2D eigenvalue weighted by molar-refractivity contribution is 7.88. The number of carbonyl (C=O) groups is 1. The van der Waals surface area contributed by atoms with Gasteiger partial charge in [0.15, 0.2) is 0 Å². The van der Waals surface area contributed by atoms with Gasteiger partial charge in [0.1, 0.15) is 5.82 Å². The maximum absolute atomic E-state index is 11.7. The molecule has 0 atom stereocenters. The fourth-order valence-electron chi connectivity index (χ4n) is 1.17. The Morgan fingerprint density at radius 2 is 2.17 bits per heavy atom. The SMILES string of the molecule is CS(=O)(=O)NCCNC(=O)c1ccnc(NN)c1. The second-order valence-electron chi connectivity index (χ2n) is 3.50. The van der Waals surface area contributed by atoms with Crippen molar-refractivity contribution in [3.8, 4) is 0 Å². The fourth-order valence-corrected chi connectivity index (χ4v) is 1.64. The molecule has 9 heteroatoms. The van der Waals surface area contributed by atoms with Gasteiger partial charge in [0.2, 0.25) is 10.0 Å². The summed E-state index contributed by atoms with van der Waals surface area (Å²) in [4.78, 5) is 15.5. The van der Waals surface area contributed by atoms with Crippen LogP contribution in [0.2, 0.25) is 0 Å². The summed E-state index contributed by atoms with van der Waals surface area (Å²) in [5.74, 6) is 5.21. The van der Waals surface area contributed by atoms with Crippen molar-refractivity contribution in [2.75, 3.05) is 24.8 Å². The van der Waals surface area contributed by atoms with E-state index in [4.69, 9.17) is 5.84 Å². The van der Waals surface area contributed by atoms with Gasteiger partial charge in [0.25, 0.3) is 5.91 Å². The molecule has 1 heterocycles. The summed E-state index contributed by atoms with van der Waals surface area (Å²) in [6.07, 6.45) is 2.50. The van der Waals surface area contributed by atoms with Crippen LogP contribution in [0.4, 0.5) is 5.82 Å². The molecule has 0 fully saturated rings. The monoisotopic (exact) mass is 273 g/mol. The van der Waals surface area contributed by atoms with Gasteiger partial charge in [0, 0.05) is 24.8 Å². The van der Waals surface area contributed by atoms with E-state index in [9.17, 15) is 13.2 Å². The number of anilines is 1. The zero-order valence-corrected chi connectivity index (χ0v) is 10.6. The van der Waals surface area contributed by atoms with Crippen LogP contribution in [0.1, 0.15) is 10.4 Å². The van der Waals surface area contributed by atoms with E-state index in [0.29, 0.717) is 11.4 Å². The summed E-state index contributed by atoms with van der Waals surface area (Å²) >= 11 is 0. The van der Waals surface area contributed by atoms with Crippen molar-refractivity contribution in [2.45, 2.75) is 0 Å². The first-order valence-electron chi connectivity index (χ1n) is 5.08. The molecule has 0 unspecified atom stereocenters. The lowest BCUT2D eigenvalue weighted by molar-refractivity contribution is 0.0954. The molecule has 0 aliphatic heterocycles. The number of hydrazine groups is 1. The first-order valence-corrected chi connectivity index (χ1v) is 6.97. The third-order valence-corrected chi connectivity index (χ3v) is 2.67. The largest absolute Gasteiger partial charge is 0.351 e. The minimum absolute atomic E-state index is 0.137. The molecule has 0 aliphatic carbocycles. The Morgan fingerprint density at radius 1 is 1.44 bits per heavy atom. The number of nitrogens with one attached hydrogen (secondary N) is 3. The highest BCUT2D eigenvalue weighted by Crippen LogP contribution is 2.04. The summed E-state index contributed by atoms with van der Waals surface area (Å²) < 4.78 is 23.8. The van der Waals surface area contributed by atoms with Gasteiger partial charge < -0.3 is 10.7 Å². The van der Waals surface area contributed by atoms with Crippen molar-refractivity contribution in [3.05, 3.63) is 23.9 Å². The number of nitrogen functional groups attached to an aromatic ring is 1. The zero-order valence-electron chi connectivity index (χ0n) is 9.80. The van der Waals surface area contributed by atoms with E-state index in [1.165, 1.54) is 18.3 Å². The Bertz CT molecular complexity index is 517. The molecule has 1 rings (SSSR count). The van der Waals surface area contributed by atoms with Gasteiger partial charge in [-0.3, -0.25) is 4.79 Å². The van der Waals surface area contributed by atoms with E-state index in [-0.39, 0.29) is 19.0 Å². The molecule has 0 spiro atoms. The van der Waals surface area contributed by atoms with Crippen LogP contribution in [-0.4, -0.2) is 38.7 Å². The predicted molar refractivity (Wildman–Crippen MR) is 67.2 cm³/mol. The number of rotatable bonds is 6. The molecule has 100 valence electrons. The third-order valence-electron chi connectivity index (χ3n) is 1.94. The number of nitrogens with two attached hydrogens (primary N) is 1. The number of pyridine rings is 1. The molecule has 0 radical (unpaired) electrons. The number of hydrogen-bond acceptors (Lipinski definition) is 6. The second-order valence-corrected chi connectivity index (χ2v) is 5.33. The maximum atomic E-state index is 11.7. The molecule has 8 nitrogen and oxygen atoms in total. The van der Waals surface area contributed by atoms with Gasteiger partial charge in [0.05, 0.1) is 6.26 Å². The first-order chi connectivity index (χ1) is 8.42. The number of aromatic nitrogens is 1. The van der Waals surface area contributed by atoms with Crippen LogP contribution in [0.25, 0.3) is 0 Å². The summed E-state index contributed by atoms with van der Waals surface area (Å²) in [7, 11) is -3.24. The predicted octanol–water partition coefficient (Wildman–Crippen LogP) is -1.35. The third kappa shape index (κ3) is 5.08. The molecular weight excluding hydrogens is 258 g/mol. The average molecular weight is 273 g/mol. The molecule has 0 bridgehead atoms. The van der Waals surface area contributed by atoms with E-state index >= 15 is 0 Å². The molecule has 18 heavy (non-hydrogen) atoms. The Labute approximate surface area is 105 Å². The van der Waals surface area contributed by atoms with E-state index in [2.05, 4.69) is 20.4 Å². The van der Waals surface area contributed by atoms with Crippen LogP contribution in [0, 0.1) is 0 Å². The highest BCUT2D eigenvalue weighted by Gasteiger charge is 2.06. The standard InChI is InChI=1S/C9H15N5O3S/c1-18(16,17)13-5-4-12-9(15)7-2-3-11-8(6-7)14-10/h2-3,6,13H,4-5,10H2,1H3,(H,11,14)(H,12,15). The molecule has 0 aromatic carbocycles. The maximum Gasteiger partial charge on any atom is 0.251 e. The second kappa shape index (κ2) is 6.28. The van der Waals surface area contributed by atoms with Gasteiger partial charge >= 0.3 is 0 Å². The number of sulfonamides is 1. The lowest BCUT2D eigenvalue weighted by Gasteiger charge is -2.06. The molecule has 1 amide bonds. The van der Waals surface area contributed by atoms with Crippen LogP contribution >= 0.6 is 0 Å². The van der Waals surface area contributed by atoms with Crippen molar-refractivity contribution >= 4 is 21.7 Å². The topological polar surface area (TPSA) is 126 Å². The average Bonchev–Trinajstić information content (AvgIpc) is 2.33. The number of carbonyl (C=O) groups excluding carboxylic acids is 1. The summed E-state index contributed by atoms with van der Waals surface area (Å²) in [6, 6.07) is 3.01. The molecule has 0 saturated heterocycles. The first kappa shape index (κ1) is 14.4. The minimum Gasteiger partial charge on any atom is -0.351 e. The molecular formula is C9H15N5O3S. The van der Waals surface area contributed by atoms with E-state index in [0.717, 1.165) is 6.26 Å². The van der Waals surface area contributed by atoms with Crippen molar-refractivity contribution in [1.82, 2.24) is 15.0 Å². The van der Waals surface area contributed by atoms with Crippen LogP contribution in [-0.2, 0) is 10.0 Å². The van der Waals surface area contributed by atoms with Crippen LogP contribution in [0.5, 0.6) is 0 Å². The van der Waals surface area contributed by atoms with Crippen molar-refractivity contribution < 1.29 is 13.2 Å². The quantitative estimate of drug-likeness (QED) is 0.288. The van der Waals surface area contributed by atoms with Crippen LogP contribution < -0.4 is 21.3 Å². The molecule has 0 saturated carbocycles. The smallest absolute Gasteiger partial charge is 0.251 e. The zero-order chi connectivity index (χ0) is 13.6. The van der Waals surface area contributed by atoms with E-state index in [1.54, 1.807) is 0 Å². The Kier molecular flexibility index (Phi) is 5.01. The van der Waals surface area contributed by atoms with Gasteiger partial charge in [-0.1, -0.05) is 0 Å². The van der Waals surface area contributed by atoms with Crippen LogP contribution in [0.3, 0.4) is 0 Å². The summed E-state index contributed by atoms with van der Waals surface area (Å²) in [5.41, 5.74) is 2.71. The fraction of sp³-hybridized carbons (Fsp3) is 0.333. The van der Waals surface area contributed by atoms with Gasteiger partial charge in [-0.2, -0.15) is 0 Å². The lowest BCUT2D eigenvalue weighted by Crippen LogP contribution is -2.34. The molecule has 0 aliphatic rings. The van der Waals surface area contributed by atoms with Gasteiger partial charge in [-0.15, -0.1) is 0 Å². The van der Waals surface area contributed by atoms with Crippen LogP contribution in [0.15, 0.2) is 18.3 Å². The van der Waals surface area contributed by atoms with E-state index in [1.807, 2.05) is 0 Å². The van der Waals surface area contributed by atoms with Gasteiger partial charge in [-0.25, -0.2) is 24.0 Å². The number of amides is 1. The molecule has 5 N–H and O–H groups in total. The summed E-state index contributed by atoms with van der Waals surface area (Å²) in [5, 5.41) is 2.56. The lowest BCUT2D eigenvalue weighted by atomic mass is 10.2. The molecule has 1 aromatic rings. The number of hydrogen-bond donors (Lipinski definition) is 4. The Hall–Kier alpha value is -1.71. The van der Waals surface area contributed by atoms with E-state index < -0.39 is 10.0 Å². The highest BCUT2D eigenvalue weighted by atomic mass is 32.2. The van der Waals surface area contributed by atoms with Gasteiger partial charge in [-0.05, 0) is 12.1 Å². The van der Waals surface area contributed by atoms with Crippen molar-refractivity contribution in [2.24, 2.45) is 5.84 Å². The van der Waals surface area contributed by atoms with Crippen molar-refractivity contribution in [1.29, 1.82) is 0 Å². The molecule has 1 aromatic heterocycles. The summed E-state index contributed by atoms with van der Waals surface area (Å²) in [6.45, 7) is 0.331. The van der Waals surface area contributed by atoms with Crippen molar-refractivity contribution in [3.63, 3.8) is 0 Å². The normalized spacial score (nSPS) is 11.0.